The second-order valence-electron chi connectivity index (χ2n) is 4.60. The number of hydrogen-bond acceptors (Lipinski definition) is 3. The standard InChI is InChI=1S/C12H16BrNO3/c1-12(2,3)17-11(16)14-10-6-8(7-15)4-5-9(10)13/h4-6,15H,7H2,1-3H3,(H,14,16). The SMILES string of the molecule is CC(C)(C)OC(=O)Nc1cc(CO)ccc1Br. The van der Waals surface area contributed by atoms with Gasteiger partial charge in [0.1, 0.15) is 5.60 Å². The summed E-state index contributed by atoms with van der Waals surface area (Å²) in [7, 11) is 0. The highest BCUT2D eigenvalue weighted by atomic mass is 79.9. The van der Waals surface area contributed by atoms with Gasteiger partial charge in [0, 0.05) is 4.47 Å². The van der Waals surface area contributed by atoms with Crippen LogP contribution in [0.3, 0.4) is 0 Å². The van der Waals surface area contributed by atoms with Crippen LogP contribution in [0.1, 0.15) is 26.3 Å². The minimum Gasteiger partial charge on any atom is -0.444 e. The average Bonchev–Trinajstić information content (AvgIpc) is 2.18. The van der Waals surface area contributed by atoms with Crippen molar-refractivity contribution in [2.45, 2.75) is 33.0 Å². The Bertz CT molecular complexity index is 413. The van der Waals surface area contributed by atoms with E-state index in [0.717, 1.165) is 10.0 Å². The zero-order chi connectivity index (χ0) is 13.1. The molecule has 2 N–H and O–H groups in total. The summed E-state index contributed by atoms with van der Waals surface area (Å²) >= 11 is 3.32. The Labute approximate surface area is 109 Å². The first kappa shape index (κ1) is 14.0. The number of aliphatic hydroxyl groups is 1. The number of rotatable bonds is 2. The number of ether oxygens (including phenoxy) is 1. The molecule has 0 unspecified atom stereocenters. The highest BCUT2D eigenvalue weighted by Gasteiger charge is 2.16. The van der Waals surface area contributed by atoms with Gasteiger partial charge < -0.3 is 9.84 Å². The van der Waals surface area contributed by atoms with Crippen LogP contribution in [-0.4, -0.2) is 16.8 Å². The molecule has 0 spiro atoms. The molecule has 0 fully saturated rings. The van der Waals surface area contributed by atoms with Crippen molar-refractivity contribution in [2.75, 3.05) is 5.32 Å². The summed E-state index contributed by atoms with van der Waals surface area (Å²) in [4.78, 5) is 11.6. The van der Waals surface area contributed by atoms with E-state index in [1.54, 1.807) is 39.0 Å². The van der Waals surface area contributed by atoms with E-state index in [-0.39, 0.29) is 6.61 Å². The molecule has 0 aliphatic heterocycles. The predicted molar refractivity (Wildman–Crippen MR) is 69.9 cm³/mol. The lowest BCUT2D eigenvalue weighted by Crippen LogP contribution is -2.27. The van der Waals surface area contributed by atoms with Gasteiger partial charge in [-0.3, -0.25) is 5.32 Å². The van der Waals surface area contributed by atoms with Gasteiger partial charge in [0.05, 0.1) is 12.3 Å². The number of carbonyl (C=O) groups is 1. The van der Waals surface area contributed by atoms with Crippen molar-refractivity contribution in [1.29, 1.82) is 0 Å². The highest BCUT2D eigenvalue weighted by molar-refractivity contribution is 9.10. The number of halogens is 1. The zero-order valence-electron chi connectivity index (χ0n) is 10.1. The van der Waals surface area contributed by atoms with Crippen molar-refractivity contribution >= 4 is 27.7 Å². The predicted octanol–water partition coefficient (Wildman–Crippen LogP) is 3.29. The van der Waals surface area contributed by atoms with Crippen molar-refractivity contribution in [3.05, 3.63) is 28.2 Å². The molecule has 0 atom stereocenters. The molecular formula is C12H16BrNO3. The molecule has 1 aromatic carbocycles. The number of aliphatic hydroxyl groups excluding tert-OH is 1. The Morgan fingerprint density at radius 2 is 2.12 bits per heavy atom. The maximum absolute atomic E-state index is 11.6. The molecule has 94 valence electrons. The first-order valence-corrected chi connectivity index (χ1v) is 6.00. The van der Waals surface area contributed by atoms with Crippen LogP contribution in [0.2, 0.25) is 0 Å². The largest absolute Gasteiger partial charge is 0.444 e. The minimum absolute atomic E-state index is 0.0731. The number of carbonyl (C=O) groups excluding carboxylic acids is 1. The minimum atomic E-state index is -0.537. The summed E-state index contributed by atoms with van der Waals surface area (Å²) in [6.45, 7) is 5.32. The molecule has 0 aliphatic rings. The summed E-state index contributed by atoms with van der Waals surface area (Å²) in [6, 6.07) is 5.22. The summed E-state index contributed by atoms with van der Waals surface area (Å²) < 4.78 is 5.87. The highest BCUT2D eigenvalue weighted by Crippen LogP contribution is 2.24. The second kappa shape index (κ2) is 5.51. The fourth-order valence-corrected chi connectivity index (χ4v) is 1.53. The van der Waals surface area contributed by atoms with Gasteiger partial charge in [-0.15, -0.1) is 0 Å². The van der Waals surface area contributed by atoms with Crippen LogP contribution in [0.25, 0.3) is 0 Å². The van der Waals surface area contributed by atoms with E-state index in [1.165, 1.54) is 0 Å². The van der Waals surface area contributed by atoms with E-state index in [2.05, 4.69) is 21.2 Å². The van der Waals surface area contributed by atoms with Crippen LogP contribution >= 0.6 is 15.9 Å². The van der Waals surface area contributed by atoms with Crippen LogP contribution in [0.5, 0.6) is 0 Å². The van der Waals surface area contributed by atoms with Crippen molar-refractivity contribution < 1.29 is 14.6 Å². The fraction of sp³-hybridized carbons (Fsp3) is 0.417. The van der Waals surface area contributed by atoms with Gasteiger partial charge in [0.2, 0.25) is 0 Å². The molecule has 17 heavy (non-hydrogen) atoms. The van der Waals surface area contributed by atoms with Gasteiger partial charge in [0.25, 0.3) is 0 Å². The first-order valence-electron chi connectivity index (χ1n) is 5.21. The monoisotopic (exact) mass is 301 g/mol. The van der Waals surface area contributed by atoms with Gasteiger partial charge in [-0.1, -0.05) is 6.07 Å². The Balaban J connectivity index is 2.77. The van der Waals surface area contributed by atoms with Crippen molar-refractivity contribution in [3.8, 4) is 0 Å². The average molecular weight is 302 g/mol. The third kappa shape index (κ3) is 4.75. The summed E-state index contributed by atoms with van der Waals surface area (Å²) in [5.41, 5.74) is 0.760. The summed E-state index contributed by atoms with van der Waals surface area (Å²) in [5, 5.41) is 11.6. The van der Waals surface area contributed by atoms with E-state index in [0.29, 0.717) is 5.69 Å². The number of amides is 1. The molecule has 5 heteroatoms. The van der Waals surface area contributed by atoms with Gasteiger partial charge in [-0.05, 0) is 54.4 Å². The van der Waals surface area contributed by atoms with Crippen molar-refractivity contribution in [2.24, 2.45) is 0 Å². The van der Waals surface area contributed by atoms with E-state index in [1.807, 2.05) is 0 Å². The number of hydrogen-bond donors (Lipinski definition) is 2. The maximum Gasteiger partial charge on any atom is 0.412 e. The topological polar surface area (TPSA) is 58.6 Å². The maximum atomic E-state index is 11.6. The van der Waals surface area contributed by atoms with Gasteiger partial charge in [-0.25, -0.2) is 4.79 Å². The quantitative estimate of drug-likeness (QED) is 0.881. The fourth-order valence-electron chi connectivity index (χ4n) is 1.18. The summed E-state index contributed by atoms with van der Waals surface area (Å²) in [6.07, 6.45) is -0.520. The van der Waals surface area contributed by atoms with E-state index < -0.39 is 11.7 Å². The van der Waals surface area contributed by atoms with Gasteiger partial charge in [-0.2, -0.15) is 0 Å². The molecule has 0 saturated carbocycles. The van der Waals surface area contributed by atoms with E-state index >= 15 is 0 Å². The Kier molecular flexibility index (Phi) is 4.54. The molecule has 0 saturated heterocycles. The molecule has 0 heterocycles. The second-order valence-corrected chi connectivity index (χ2v) is 5.45. The van der Waals surface area contributed by atoms with Crippen molar-refractivity contribution in [1.82, 2.24) is 0 Å². The molecule has 0 aromatic heterocycles. The van der Waals surface area contributed by atoms with Crippen molar-refractivity contribution in [3.63, 3.8) is 0 Å². The van der Waals surface area contributed by atoms with Gasteiger partial charge >= 0.3 is 6.09 Å². The van der Waals surface area contributed by atoms with E-state index in [4.69, 9.17) is 9.84 Å². The Morgan fingerprint density at radius 1 is 1.47 bits per heavy atom. The van der Waals surface area contributed by atoms with E-state index in [9.17, 15) is 4.79 Å². The molecule has 0 radical (unpaired) electrons. The molecule has 1 amide bonds. The molecular weight excluding hydrogens is 286 g/mol. The number of benzene rings is 1. The number of anilines is 1. The lowest BCUT2D eigenvalue weighted by atomic mass is 10.2. The third-order valence-electron chi connectivity index (χ3n) is 1.85. The van der Waals surface area contributed by atoms with Crippen LogP contribution in [-0.2, 0) is 11.3 Å². The summed E-state index contributed by atoms with van der Waals surface area (Å²) in [5.74, 6) is 0. The molecule has 1 rings (SSSR count). The lowest BCUT2D eigenvalue weighted by molar-refractivity contribution is 0.0636. The van der Waals surface area contributed by atoms with Crippen LogP contribution < -0.4 is 5.32 Å². The molecule has 1 aromatic rings. The Morgan fingerprint density at radius 3 is 2.65 bits per heavy atom. The van der Waals surface area contributed by atoms with Crippen LogP contribution in [0.15, 0.2) is 22.7 Å². The lowest BCUT2D eigenvalue weighted by Gasteiger charge is -2.20. The smallest absolute Gasteiger partial charge is 0.412 e. The van der Waals surface area contributed by atoms with Gasteiger partial charge in [0.15, 0.2) is 0 Å². The number of nitrogens with one attached hydrogen (secondary N) is 1. The normalized spacial score (nSPS) is 11.1. The molecule has 0 aliphatic carbocycles. The third-order valence-corrected chi connectivity index (χ3v) is 2.54. The molecule has 4 nitrogen and oxygen atoms in total. The first-order chi connectivity index (χ1) is 7.81. The van der Waals surface area contributed by atoms with Crippen LogP contribution in [0, 0.1) is 0 Å². The zero-order valence-corrected chi connectivity index (χ0v) is 11.7. The molecule has 0 bridgehead atoms. The Hall–Kier alpha value is -1.07. The van der Waals surface area contributed by atoms with Crippen LogP contribution in [0.4, 0.5) is 10.5 Å².